The molecule has 2 saturated heterocycles. The molecule has 2 heterocycles. The zero-order valence-corrected chi connectivity index (χ0v) is 22.5. The first kappa shape index (κ1) is 26.8. The summed E-state index contributed by atoms with van der Waals surface area (Å²) in [6.45, 7) is 7.17. The van der Waals surface area contributed by atoms with Gasteiger partial charge in [0, 0.05) is 50.9 Å². The molecule has 1 unspecified atom stereocenters. The molecular formula is C26H35N3O5S2. The summed E-state index contributed by atoms with van der Waals surface area (Å²) in [4.78, 5) is 17.4. The molecule has 1 amide bonds. The third kappa shape index (κ3) is 6.34. The van der Waals surface area contributed by atoms with E-state index in [0.717, 1.165) is 6.54 Å². The lowest BCUT2D eigenvalue weighted by Crippen LogP contribution is -2.48. The zero-order valence-electron chi connectivity index (χ0n) is 20.9. The topological polar surface area (TPSA) is 95.1 Å². The van der Waals surface area contributed by atoms with Gasteiger partial charge in [-0.25, -0.2) is 16.8 Å². The van der Waals surface area contributed by atoms with Crippen molar-refractivity contribution in [3.05, 3.63) is 65.7 Å². The Morgan fingerprint density at radius 2 is 1.72 bits per heavy atom. The molecule has 8 nitrogen and oxygen atoms in total. The predicted molar refractivity (Wildman–Crippen MR) is 140 cm³/mol. The second kappa shape index (κ2) is 11.0. The number of benzene rings is 2. The number of piperazine rings is 1. The number of nitrogens with zero attached hydrogens (tertiary/aromatic N) is 3. The molecule has 36 heavy (non-hydrogen) atoms. The summed E-state index contributed by atoms with van der Waals surface area (Å²) < 4.78 is 52.4. The highest BCUT2D eigenvalue weighted by atomic mass is 32.2. The van der Waals surface area contributed by atoms with Crippen LogP contribution in [-0.4, -0.2) is 87.1 Å². The fraction of sp³-hybridized carbons (Fsp3) is 0.500. The largest absolute Gasteiger partial charge is 0.334 e. The van der Waals surface area contributed by atoms with Crippen LogP contribution in [0.15, 0.2) is 59.5 Å². The Morgan fingerprint density at radius 1 is 1.03 bits per heavy atom. The highest BCUT2D eigenvalue weighted by Crippen LogP contribution is 2.24. The number of hydrogen-bond donors (Lipinski definition) is 0. The Morgan fingerprint density at radius 3 is 2.33 bits per heavy atom. The monoisotopic (exact) mass is 533 g/mol. The van der Waals surface area contributed by atoms with Gasteiger partial charge in [-0.1, -0.05) is 50.2 Å². The molecule has 196 valence electrons. The van der Waals surface area contributed by atoms with Crippen molar-refractivity contribution in [1.29, 1.82) is 0 Å². The predicted octanol–water partition coefficient (Wildman–Crippen LogP) is 2.48. The van der Waals surface area contributed by atoms with Crippen LogP contribution in [0.2, 0.25) is 0 Å². The summed E-state index contributed by atoms with van der Waals surface area (Å²) in [6, 6.07) is 15.9. The summed E-state index contributed by atoms with van der Waals surface area (Å²) in [7, 11) is -6.92. The van der Waals surface area contributed by atoms with Gasteiger partial charge in [0.15, 0.2) is 9.84 Å². The maximum absolute atomic E-state index is 13.5. The summed E-state index contributed by atoms with van der Waals surface area (Å²) >= 11 is 0. The van der Waals surface area contributed by atoms with E-state index in [4.69, 9.17) is 0 Å². The van der Waals surface area contributed by atoms with E-state index in [0.29, 0.717) is 39.1 Å². The van der Waals surface area contributed by atoms with E-state index < -0.39 is 19.9 Å². The number of rotatable bonds is 8. The second-order valence-corrected chi connectivity index (χ2v) is 14.3. The molecule has 0 spiro atoms. The Kier molecular flexibility index (Phi) is 8.18. The normalized spacial score (nSPS) is 21.0. The first-order valence-corrected chi connectivity index (χ1v) is 15.7. The van der Waals surface area contributed by atoms with Gasteiger partial charge in [0.25, 0.3) is 5.91 Å². The van der Waals surface area contributed by atoms with Gasteiger partial charge in [-0.05, 0) is 36.1 Å². The van der Waals surface area contributed by atoms with Crippen molar-refractivity contribution in [2.45, 2.75) is 37.8 Å². The lowest BCUT2D eigenvalue weighted by Gasteiger charge is -2.34. The number of carbonyl (C=O) groups excluding carboxylic acids is 1. The zero-order chi connectivity index (χ0) is 25.9. The van der Waals surface area contributed by atoms with E-state index in [-0.39, 0.29) is 39.8 Å². The molecular weight excluding hydrogens is 498 g/mol. The number of carbonyl (C=O) groups is 1. The van der Waals surface area contributed by atoms with Gasteiger partial charge in [-0.3, -0.25) is 9.69 Å². The standard InChI is InChI=1S/C26H35N3O5S2/c1-21(2)18-29(24-11-16-35(31,32)20-24)26(30)23-9-6-10-25(17-23)36(33,34)28-14-12-27(13-15-28)19-22-7-4-3-5-8-22/h3-10,17,21,24H,11-16,18-20H2,1-2H3. The van der Waals surface area contributed by atoms with Crippen LogP contribution >= 0.6 is 0 Å². The van der Waals surface area contributed by atoms with E-state index in [2.05, 4.69) is 17.0 Å². The van der Waals surface area contributed by atoms with E-state index in [9.17, 15) is 21.6 Å². The van der Waals surface area contributed by atoms with E-state index in [1.165, 1.54) is 22.0 Å². The molecule has 0 bridgehead atoms. The van der Waals surface area contributed by atoms with Crippen molar-refractivity contribution < 1.29 is 21.6 Å². The minimum absolute atomic E-state index is 0.0449. The molecule has 1 atom stereocenters. The maximum Gasteiger partial charge on any atom is 0.254 e. The van der Waals surface area contributed by atoms with E-state index >= 15 is 0 Å². The molecule has 2 fully saturated rings. The number of sulfone groups is 1. The van der Waals surface area contributed by atoms with Crippen LogP contribution in [0.4, 0.5) is 0 Å². The van der Waals surface area contributed by atoms with Crippen molar-refractivity contribution in [3.8, 4) is 0 Å². The first-order valence-electron chi connectivity index (χ1n) is 12.4. The van der Waals surface area contributed by atoms with Gasteiger partial charge in [-0.2, -0.15) is 4.31 Å². The second-order valence-electron chi connectivity index (χ2n) is 10.1. The quantitative estimate of drug-likeness (QED) is 0.518. The van der Waals surface area contributed by atoms with Crippen molar-refractivity contribution in [2.75, 3.05) is 44.2 Å². The SMILES string of the molecule is CC(C)CN(C(=O)c1cccc(S(=O)(=O)N2CCN(Cc3ccccc3)CC2)c1)C1CCS(=O)(=O)C1. The Labute approximate surface area is 214 Å². The van der Waals surface area contributed by atoms with Crippen LogP contribution in [0.25, 0.3) is 0 Å². The van der Waals surface area contributed by atoms with Crippen LogP contribution in [0.3, 0.4) is 0 Å². The Bertz CT molecular complexity index is 1270. The third-order valence-electron chi connectivity index (χ3n) is 6.77. The molecule has 0 aromatic heterocycles. The lowest BCUT2D eigenvalue weighted by molar-refractivity contribution is 0.0672. The number of amides is 1. The van der Waals surface area contributed by atoms with Gasteiger partial charge in [0.2, 0.25) is 10.0 Å². The minimum atomic E-state index is -3.76. The number of sulfonamides is 1. The van der Waals surface area contributed by atoms with Crippen molar-refractivity contribution in [3.63, 3.8) is 0 Å². The van der Waals surface area contributed by atoms with Crippen LogP contribution < -0.4 is 0 Å². The molecule has 0 aliphatic carbocycles. The maximum atomic E-state index is 13.5. The van der Waals surface area contributed by atoms with Crippen LogP contribution in [0, 0.1) is 5.92 Å². The smallest absolute Gasteiger partial charge is 0.254 e. The fourth-order valence-electron chi connectivity index (χ4n) is 4.89. The molecule has 2 aliphatic rings. The summed E-state index contributed by atoms with van der Waals surface area (Å²) in [6.07, 6.45) is 0.409. The van der Waals surface area contributed by atoms with Crippen molar-refractivity contribution in [1.82, 2.24) is 14.1 Å². The third-order valence-corrected chi connectivity index (χ3v) is 10.4. The highest BCUT2D eigenvalue weighted by molar-refractivity contribution is 7.91. The molecule has 10 heteroatoms. The van der Waals surface area contributed by atoms with Gasteiger partial charge in [0.1, 0.15) is 0 Å². The van der Waals surface area contributed by atoms with Crippen LogP contribution in [-0.2, 0) is 26.4 Å². The summed E-state index contributed by atoms with van der Waals surface area (Å²) in [5.41, 5.74) is 1.46. The Balaban J connectivity index is 1.47. The van der Waals surface area contributed by atoms with Gasteiger partial charge in [-0.15, -0.1) is 0 Å². The molecule has 0 radical (unpaired) electrons. The summed E-state index contributed by atoms with van der Waals surface area (Å²) in [5, 5.41) is 0. The molecule has 0 saturated carbocycles. The molecule has 4 rings (SSSR count). The van der Waals surface area contributed by atoms with Crippen LogP contribution in [0.5, 0.6) is 0 Å². The van der Waals surface area contributed by atoms with E-state index in [1.54, 1.807) is 17.0 Å². The average Bonchev–Trinajstić information content (AvgIpc) is 3.22. The van der Waals surface area contributed by atoms with Crippen molar-refractivity contribution in [2.24, 2.45) is 5.92 Å². The molecule has 0 N–H and O–H groups in total. The molecule has 2 aromatic rings. The van der Waals surface area contributed by atoms with E-state index in [1.807, 2.05) is 32.0 Å². The first-order chi connectivity index (χ1) is 17.0. The summed E-state index contributed by atoms with van der Waals surface area (Å²) in [5.74, 6) is -0.145. The fourth-order valence-corrected chi connectivity index (χ4v) is 8.09. The Hall–Kier alpha value is -2.27. The van der Waals surface area contributed by atoms with Crippen LogP contribution in [0.1, 0.15) is 36.2 Å². The average molecular weight is 534 g/mol. The van der Waals surface area contributed by atoms with Gasteiger partial charge < -0.3 is 4.90 Å². The van der Waals surface area contributed by atoms with Gasteiger partial charge >= 0.3 is 0 Å². The lowest BCUT2D eigenvalue weighted by atomic mass is 10.1. The highest BCUT2D eigenvalue weighted by Gasteiger charge is 2.36. The van der Waals surface area contributed by atoms with Gasteiger partial charge in [0.05, 0.1) is 16.4 Å². The van der Waals surface area contributed by atoms with Crippen molar-refractivity contribution >= 4 is 25.8 Å². The molecule has 2 aliphatic heterocycles. The molecule has 2 aromatic carbocycles. The number of hydrogen-bond acceptors (Lipinski definition) is 6. The minimum Gasteiger partial charge on any atom is -0.334 e.